The fraction of sp³-hybridized carbons (Fsp3) is 0.200. The molecule has 1 aromatic heterocycles. The van der Waals surface area contributed by atoms with E-state index in [9.17, 15) is 17.6 Å². The predicted molar refractivity (Wildman–Crippen MR) is 32.0 cm³/mol. The minimum absolute atomic E-state index is 0.373. The van der Waals surface area contributed by atoms with Crippen molar-refractivity contribution < 1.29 is 17.6 Å². The highest BCUT2D eigenvalue weighted by molar-refractivity contribution is 6.28. The second kappa shape index (κ2) is 2.85. The van der Waals surface area contributed by atoms with Gasteiger partial charge < -0.3 is 0 Å². The molecular formula is C5HClF4N2. The third kappa shape index (κ3) is 1.82. The number of nitrogens with zero attached hydrogens (tertiary/aromatic N) is 2. The Hall–Kier alpha value is -0.910. The zero-order valence-electron chi connectivity index (χ0n) is 5.36. The molecule has 0 atom stereocenters. The molecule has 1 rings (SSSR count). The first-order valence-electron chi connectivity index (χ1n) is 2.66. The fourth-order valence-corrected chi connectivity index (χ4v) is 0.678. The molecule has 12 heavy (non-hydrogen) atoms. The molecule has 0 aliphatic heterocycles. The summed E-state index contributed by atoms with van der Waals surface area (Å²) in [5.74, 6) is -1.54. The van der Waals surface area contributed by atoms with Crippen molar-refractivity contribution >= 4 is 11.6 Å². The van der Waals surface area contributed by atoms with E-state index in [2.05, 4.69) is 9.97 Å². The van der Waals surface area contributed by atoms with Gasteiger partial charge in [0.05, 0.1) is 6.20 Å². The van der Waals surface area contributed by atoms with Crippen LogP contribution in [0.1, 0.15) is 5.69 Å². The lowest BCUT2D eigenvalue weighted by atomic mass is 10.4. The van der Waals surface area contributed by atoms with Gasteiger partial charge in [-0.2, -0.15) is 13.2 Å². The van der Waals surface area contributed by atoms with E-state index in [1.807, 2.05) is 0 Å². The minimum Gasteiger partial charge on any atom is -0.223 e. The van der Waals surface area contributed by atoms with E-state index < -0.39 is 23.0 Å². The molecule has 2 nitrogen and oxygen atoms in total. The van der Waals surface area contributed by atoms with Gasteiger partial charge in [0.25, 0.3) is 0 Å². The van der Waals surface area contributed by atoms with Gasteiger partial charge in [-0.1, -0.05) is 0 Å². The first-order valence-corrected chi connectivity index (χ1v) is 3.04. The molecule has 1 aromatic rings. The number of aromatic nitrogens is 2. The first kappa shape index (κ1) is 9.18. The first-order chi connectivity index (χ1) is 5.41. The summed E-state index contributed by atoms with van der Waals surface area (Å²) >= 11 is 5.03. The second-order valence-corrected chi connectivity index (χ2v) is 2.17. The molecule has 0 radical (unpaired) electrons. The van der Waals surface area contributed by atoms with E-state index in [-0.39, 0.29) is 0 Å². The van der Waals surface area contributed by atoms with Gasteiger partial charge in [-0.25, -0.2) is 14.4 Å². The molecule has 1 heterocycles. The van der Waals surface area contributed by atoms with Crippen LogP contribution in [0.4, 0.5) is 17.6 Å². The lowest BCUT2D eigenvalue weighted by molar-refractivity contribution is -0.143. The highest BCUT2D eigenvalue weighted by atomic mass is 35.5. The van der Waals surface area contributed by atoms with E-state index in [0.717, 1.165) is 0 Å². The summed E-state index contributed by atoms with van der Waals surface area (Å²) in [7, 11) is 0. The third-order valence-corrected chi connectivity index (χ3v) is 1.17. The Labute approximate surface area is 69.2 Å². The SMILES string of the molecule is Fc1cnc(Cl)nc1C(F)(F)F. The molecule has 0 fully saturated rings. The molecule has 66 valence electrons. The van der Waals surface area contributed by atoms with Crippen molar-refractivity contribution in [3.8, 4) is 0 Å². The Bertz CT molecular complexity index is 298. The number of halogens is 5. The van der Waals surface area contributed by atoms with Crippen molar-refractivity contribution in [1.29, 1.82) is 0 Å². The summed E-state index contributed by atoms with van der Waals surface area (Å²) < 4.78 is 47.9. The summed E-state index contributed by atoms with van der Waals surface area (Å²) in [5.41, 5.74) is -1.65. The normalized spacial score (nSPS) is 11.8. The highest BCUT2D eigenvalue weighted by Gasteiger charge is 2.36. The molecular weight excluding hydrogens is 200 g/mol. The largest absolute Gasteiger partial charge is 0.436 e. The summed E-state index contributed by atoms with van der Waals surface area (Å²) in [6.07, 6.45) is -4.46. The van der Waals surface area contributed by atoms with E-state index in [4.69, 9.17) is 11.6 Å². The third-order valence-electron chi connectivity index (χ3n) is 0.983. The van der Waals surface area contributed by atoms with Gasteiger partial charge in [0.1, 0.15) is 0 Å². The lowest BCUT2D eigenvalue weighted by Gasteiger charge is -2.05. The Morgan fingerprint density at radius 2 is 1.92 bits per heavy atom. The smallest absolute Gasteiger partial charge is 0.223 e. The van der Waals surface area contributed by atoms with Crippen molar-refractivity contribution in [2.75, 3.05) is 0 Å². The van der Waals surface area contributed by atoms with Crippen LogP contribution in [0.5, 0.6) is 0 Å². The Kier molecular flexibility index (Phi) is 2.18. The maximum absolute atomic E-state index is 12.4. The Morgan fingerprint density at radius 3 is 2.33 bits per heavy atom. The zero-order valence-corrected chi connectivity index (χ0v) is 6.12. The van der Waals surface area contributed by atoms with E-state index >= 15 is 0 Å². The van der Waals surface area contributed by atoms with Crippen LogP contribution in [0, 0.1) is 5.82 Å². The van der Waals surface area contributed by atoms with Crippen LogP contribution in [0.25, 0.3) is 0 Å². The summed E-state index contributed by atoms with van der Waals surface area (Å²) in [4.78, 5) is 5.73. The van der Waals surface area contributed by atoms with E-state index in [1.165, 1.54) is 0 Å². The molecule has 0 N–H and O–H groups in total. The maximum atomic E-state index is 12.4. The molecule has 0 aliphatic carbocycles. The Morgan fingerprint density at radius 1 is 1.33 bits per heavy atom. The van der Waals surface area contributed by atoms with Gasteiger partial charge in [0.15, 0.2) is 11.5 Å². The van der Waals surface area contributed by atoms with Gasteiger partial charge in [-0.05, 0) is 11.6 Å². The van der Waals surface area contributed by atoms with E-state index in [0.29, 0.717) is 6.20 Å². The van der Waals surface area contributed by atoms with Crippen LogP contribution in [0.2, 0.25) is 5.28 Å². The molecule has 0 bridgehead atoms. The molecule has 0 spiro atoms. The fourth-order valence-electron chi connectivity index (χ4n) is 0.544. The molecule has 0 saturated heterocycles. The van der Waals surface area contributed by atoms with Crippen LogP contribution in [-0.2, 0) is 6.18 Å². The van der Waals surface area contributed by atoms with Gasteiger partial charge in [-0.3, -0.25) is 0 Å². The molecule has 0 unspecified atom stereocenters. The van der Waals surface area contributed by atoms with Crippen LogP contribution in [-0.4, -0.2) is 9.97 Å². The van der Waals surface area contributed by atoms with E-state index in [1.54, 1.807) is 0 Å². The van der Waals surface area contributed by atoms with Gasteiger partial charge >= 0.3 is 6.18 Å². The highest BCUT2D eigenvalue weighted by Crippen LogP contribution is 2.29. The Balaban J connectivity index is 3.23. The summed E-state index contributed by atoms with van der Waals surface area (Å²) in [6.45, 7) is 0. The van der Waals surface area contributed by atoms with Crippen LogP contribution >= 0.6 is 11.6 Å². The number of hydrogen-bond acceptors (Lipinski definition) is 2. The van der Waals surface area contributed by atoms with Crippen molar-refractivity contribution in [3.05, 3.63) is 23.0 Å². The molecule has 0 aliphatic rings. The molecule has 0 saturated carbocycles. The standard InChI is InChI=1S/C5HClF4N2/c6-4-11-1-2(7)3(12-4)5(8,9)10/h1H. The summed E-state index contributed by atoms with van der Waals surface area (Å²) in [6, 6.07) is 0. The molecule has 0 aromatic carbocycles. The number of hydrogen-bond donors (Lipinski definition) is 0. The van der Waals surface area contributed by atoms with Crippen molar-refractivity contribution in [2.45, 2.75) is 6.18 Å². The summed E-state index contributed by atoms with van der Waals surface area (Å²) in [5, 5.41) is -0.635. The monoisotopic (exact) mass is 200 g/mol. The minimum atomic E-state index is -4.84. The quantitative estimate of drug-likeness (QED) is 0.474. The average Bonchev–Trinajstić information content (AvgIpc) is 1.92. The van der Waals surface area contributed by atoms with Crippen molar-refractivity contribution in [1.82, 2.24) is 9.97 Å². The van der Waals surface area contributed by atoms with Gasteiger partial charge in [-0.15, -0.1) is 0 Å². The van der Waals surface area contributed by atoms with Crippen molar-refractivity contribution in [3.63, 3.8) is 0 Å². The topological polar surface area (TPSA) is 25.8 Å². The van der Waals surface area contributed by atoms with Crippen molar-refractivity contribution in [2.24, 2.45) is 0 Å². The van der Waals surface area contributed by atoms with Crippen LogP contribution in [0.15, 0.2) is 6.20 Å². The van der Waals surface area contributed by atoms with Gasteiger partial charge in [0.2, 0.25) is 5.28 Å². The zero-order chi connectivity index (χ0) is 9.35. The van der Waals surface area contributed by atoms with Crippen LogP contribution < -0.4 is 0 Å². The number of rotatable bonds is 0. The van der Waals surface area contributed by atoms with Crippen LogP contribution in [0.3, 0.4) is 0 Å². The predicted octanol–water partition coefficient (Wildman–Crippen LogP) is 2.29. The number of alkyl halides is 3. The maximum Gasteiger partial charge on any atom is 0.436 e. The average molecular weight is 201 g/mol. The van der Waals surface area contributed by atoms with Gasteiger partial charge in [0, 0.05) is 0 Å². The second-order valence-electron chi connectivity index (χ2n) is 1.83. The molecule has 7 heteroatoms. The molecule has 0 amide bonds. The lowest BCUT2D eigenvalue weighted by Crippen LogP contribution is -2.11.